The lowest BCUT2D eigenvalue weighted by Crippen LogP contribution is -2.27. The molecular weight excluding hydrogens is 430 g/mol. The van der Waals surface area contributed by atoms with E-state index >= 15 is 0 Å². The first kappa shape index (κ1) is 22.7. The summed E-state index contributed by atoms with van der Waals surface area (Å²) in [5, 5.41) is 14.5. The Morgan fingerprint density at radius 2 is 1.76 bits per heavy atom. The number of nitrogen functional groups attached to an aromatic ring is 1. The van der Waals surface area contributed by atoms with Crippen LogP contribution >= 0.6 is 0 Å². The van der Waals surface area contributed by atoms with Crippen molar-refractivity contribution in [2.75, 3.05) is 17.6 Å². The third-order valence-corrected chi connectivity index (χ3v) is 5.19. The van der Waals surface area contributed by atoms with Gasteiger partial charge in [-0.25, -0.2) is 4.98 Å². The number of amides is 2. The minimum atomic E-state index is -0.290. The maximum Gasteiger partial charge on any atom is 0.251 e. The van der Waals surface area contributed by atoms with E-state index in [4.69, 9.17) is 5.73 Å². The molecule has 2 heterocycles. The first-order valence-electron chi connectivity index (χ1n) is 10.8. The Kier molecular flexibility index (Phi) is 6.35. The zero-order valence-corrected chi connectivity index (χ0v) is 18.9. The number of carbonyl (C=O) groups excluding carboxylic acids is 2. The van der Waals surface area contributed by atoms with Gasteiger partial charge in [0.05, 0.1) is 0 Å². The molecule has 0 unspecified atom stereocenters. The number of nitrogens with two attached hydrogens (primary N) is 1. The molecule has 2 aromatic carbocycles. The van der Waals surface area contributed by atoms with Crippen LogP contribution in [0.2, 0.25) is 0 Å². The van der Waals surface area contributed by atoms with Gasteiger partial charge in [-0.05, 0) is 41.8 Å². The summed E-state index contributed by atoms with van der Waals surface area (Å²) in [5.41, 5.74) is 11.0. The molecule has 4 N–H and O–H groups in total. The predicted molar refractivity (Wildman–Crippen MR) is 132 cm³/mol. The molecule has 0 saturated heterocycles. The molecule has 4 aromatic rings. The summed E-state index contributed by atoms with van der Waals surface area (Å²) >= 11 is 0. The largest absolute Gasteiger partial charge is 0.382 e. The van der Waals surface area contributed by atoms with E-state index in [-0.39, 0.29) is 17.6 Å². The Labute approximate surface area is 196 Å². The van der Waals surface area contributed by atoms with Crippen LogP contribution in [0.1, 0.15) is 24.2 Å². The molecule has 0 saturated carbocycles. The molecule has 0 fully saturated rings. The van der Waals surface area contributed by atoms with Crippen molar-refractivity contribution >= 4 is 28.8 Å². The van der Waals surface area contributed by atoms with Gasteiger partial charge in [-0.3, -0.25) is 9.59 Å². The first-order chi connectivity index (χ1) is 16.4. The third-order valence-electron chi connectivity index (χ3n) is 5.19. The monoisotopic (exact) mass is 455 g/mol. The van der Waals surface area contributed by atoms with Gasteiger partial charge in [0, 0.05) is 28.9 Å². The minimum Gasteiger partial charge on any atom is -0.382 e. The molecule has 4 rings (SSSR count). The van der Waals surface area contributed by atoms with Crippen molar-refractivity contribution in [3.05, 3.63) is 73.1 Å². The zero-order chi connectivity index (χ0) is 24.2. The second-order valence-corrected chi connectivity index (χ2v) is 8.16. The minimum absolute atomic E-state index is 0.125. The van der Waals surface area contributed by atoms with E-state index in [1.165, 1.54) is 17.0 Å². The average molecular weight is 456 g/mol. The quantitative estimate of drug-likeness (QED) is 0.366. The summed E-state index contributed by atoms with van der Waals surface area (Å²) in [4.78, 5) is 28.1. The van der Waals surface area contributed by atoms with Gasteiger partial charge in [0.15, 0.2) is 5.82 Å². The van der Waals surface area contributed by atoms with Crippen LogP contribution in [0.3, 0.4) is 0 Å². The van der Waals surface area contributed by atoms with Gasteiger partial charge >= 0.3 is 0 Å². The fourth-order valence-corrected chi connectivity index (χ4v) is 3.49. The van der Waals surface area contributed by atoms with Crippen molar-refractivity contribution in [3.63, 3.8) is 0 Å². The van der Waals surface area contributed by atoms with E-state index in [0.29, 0.717) is 34.9 Å². The summed E-state index contributed by atoms with van der Waals surface area (Å²) in [6, 6.07) is 14.5. The van der Waals surface area contributed by atoms with Gasteiger partial charge in [-0.15, -0.1) is 14.8 Å². The van der Waals surface area contributed by atoms with Crippen LogP contribution in [-0.4, -0.2) is 38.2 Å². The average Bonchev–Trinajstić information content (AvgIpc) is 3.24. The number of nitrogens with zero attached hydrogens (tertiary/aromatic N) is 4. The van der Waals surface area contributed by atoms with Crippen LogP contribution in [0.4, 0.5) is 11.5 Å². The lowest BCUT2D eigenvalue weighted by Gasteiger charge is -2.09. The van der Waals surface area contributed by atoms with Crippen LogP contribution in [-0.2, 0) is 4.79 Å². The highest BCUT2D eigenvalue weighted by atomic mass is 16.2. The molecule has 0 aliphatic rings. The van der Waals surface area contributed by atoms with E-state index in [9.17, 15) is 9.59 Å². The molecular formula is C25H25N7O2. The van der Waals surface area contributed by atoms with Crippen molar-refractivity contribution in [2.24, 2.45) is 5.92 Å². The lowest BCUT2D eigenvalue weighted by molar-refractivity contribution is -0.111. The van der Waals surface area contributed by atoms with Crippen LogP contribution in [0, 0.1) is 5.92 Å². The highest BCUT2D eigenvalue weighted by molar-refractivity contribution is 6.00. The fourth-order valence-electron chi connectivity index (χ4n) is 3.49. The van der Waals surface area contributed by atoms with Gasteiger partial charge in [-0.2, -0.15) is 0 Å². The molecule has 0 radical (unpaired) electrons. The molecule has 0 atom stereocenters. The van der Waals surface area contributed by atoms with Crippen molar-refractivity contribution in [1.82, 2.24) is 25.1 Å². The van der Waals surface area contributed by atoms with E-state index in [1.807, 2.05) is 38.1 Å². The summed E-state index contributed by atoms with van der Waals surface area (Å²) < 4.78 is 1.45. The molecule has 0 aliphatic carbocycles. The summed E-state index contributed by atoms with van der Waals surface area (Å²) in [6.07, 6.45) is 2.56. The van der Waals surface area contributed by atoms with E-state index in [0.717, 1.165) is 16.7 Å². The predicted octanol–water partition coefficient (Wildman–Crippen LogP) is 3.55. The van der Waals surface area contributed by atoms with Crippen molar-refractivity contribution in [2.45, 2.75) is 13.8 Å². The number of fused-ring (bicyclic) bond motifs is 1. The topological polar surface area (TPSA) is 127 Å². The van der Waals surface area contributed by atoms with Crippen LogP contribution in [0.5, 0.6) is 0 Å². The molecule has 0 spiro atoms. The SMILES string of the molecule is C=CC(=O)Nc1ccc(-c2nn3ncnc(N)c3c2-c2ccc(C(=O)NCC(C)C)cc2)cc1. The smallest absolute Gasteiger partial charge is 0.251 e. The highest BCUT2D eigenvalue weighted by Crippen LogP contribution is 2.37. The van der Waals surface area contributed by atoms with E-state index in [1.54, 1.807) is 24.3 Å². The van der Waals surface area contributed by atoms with Gasteiger partial charge in [-0.1, -0.05) is 44.7 Å². The lowest BCUT2D eigenvalue weighted by atomic mass is 9.98. The first-order valence-corrected chi connectivity index (χ1v) is 10.8. The Hall–Kier alpha value is -4.53. The molecule has 9 nitrogen and oxygen atoms in total. The summed E-state index contributed by atoms with van der Waals surface area (Å²) in [7, 11) is 0. The zero-order valence-electron chi connectivity index (χ0n) is 18.9. The number of carbonyl (C=O) groups is 2. The molecule has 2 aromatic heterocycles. The Morgan fingerprint density at radius 1 is 1.09 bits per heavy atom. The van der Waals surface area contributed by atoms with Gasteiger partial charge in [0.25, 0.3) is 5.91 Å². The second-order valence-electron chi connectivity index (χ2n) is 8.16. The molecule has 172 valence electrons. The third kappa shape index (κ3) is 4.63. The standard InChI is InChI=1S/C25H25N7O2/c1-4-20(33)30-19-11-9-17(10-12-19)22-21(23-24(26)28-14-29-32(23)31-22)16-5-7-18(8-6-16)25(34)27-13-15(2)3/h4-12,14-15H,1,13H2,2-3H3,(H,27,34)(H,30,33)(H2,26,28,29). The van der Waals surface area contributed by atoms with Gasteiger partial charge in [0.2, 0.25) is 5.91 Å². The second kappa shape index (κ2) is 9.53. The van der Waals surface area contributed by atoms with Crippen LogP contribution < -0.4 is 16.4 Å². The maximum atomic E-state index is 12.4. The van der Waals surface area contributed by atoms with Crippen molar-refractivity contribution in [1.29, 1.82) is 0 Å². The highest BCUT2D eigenvalue weighted by Gasteiger charge is 2.20. The molecule has 0 aliphatic heterocycles. The molecule has 9 heteroatoms. The summed E-state index contributed by atoms with van der Waals surface area (Å²) in [6.45, 7) is 8.16. The molecule has 0 bridgehead atoms. The Morgan fingerprint density at radius 3 is 2.41 bits per heavy atom. The Bertz CT molecular complexity index is 1360. The number of nitrogens with one attached hydrogen (secondary N) is 2. The molecule has 34 heavy (non-hydrogen) atoms. The number of aromatic nitrogens is 4. The van der Waals surface area contributed by atoms with E-state index in [2.05, 4.69) is 32.4 Å². The molecule has 2 amide bonds. The number of hydrogen-bond donors (Lipinski definition) is 3. The van der Waals surface area contributed by atoms with Crippen LogP contribution in [0.25, 0.3) is 27.9 Å². The van der Waals surface area contributed by atoms with E-state index < -0.39 is 0 Å². The van der Waals surface area contributed by atoms with Gasteiger partial charge in [0.1, 0.15) is 17.5 Å². The fraction of sp³-hybridized carbons (Fsp3) is 0.160. The maximum absolute atomic E-state index is 12.4. The van der Waals surface area contributed by atoms with Crippen molar-refractivity contribution < 1.29 is 9.59 Å². The normalized spacial score (nSPS) is 10.9. The number of anilines is 2. The summed E-state index contributed by atoms with van der Waals surface area (Å²) in [5.74, 6) is 0.239. The number of hydrogen-bond acceptors (Lipinski definition) is 6. The number of rotatable bonds is 7. The Balaban J connectivity index is 1.75. The number of benzene rings is 2. The van der Waals surface area contributed by atoms with Crippen LogP contribution in [0.15, 0.2) is 67.5 Å². The van der Waals surface area contributed by atoms with Crippen molar-refractivity contribution in [3.8, 4) is 22.4 Å². The van der Waals surface area contributed by atoms with Gasteiger partial charge < -0.3 is 16.4 Å².